The van der Waals surface area contributed by atoms with E-state index in [9.17, 15) is 0 Å². The first-order chi connectivity index (χ1) is 8.57. The van der Waals surface area contributed by atoms with Gasteiger partial charge in [-0.2, -0.15) is 5.10 Å². The highest BCUT2D eigenvalue weighted by atomic mass is 15.3. The zero-order valence-electron chi connectivity index (χ0n) is 12.2. The number of hydrogen-bond donors (Lipinski definition) is 1. The van der Waals surface area contributed by atoms with Crippen LogP contribution < -0.4 is 5.32 Å². The number of nitrogens with zero attached hydrogens (tertiary/aromatic N) is 2. The molecular weight excluding hydrogens is 222 g/mol. The van der Waals surface area contributed by atoms with Crippen LogP contribution in [-0.4, -0.2) is 16.8 Å². The zero-order valence-corrected chi connectivity index (χ0v) is 12.2. The van der Waals surface area contributed by atoms with Crippen LogP contribution >= 0.6 is 0 Å². The van der Waals surface area contributed by atoms with Gasteiger partial charge in [0.2, 0.25) is 0 Å². The first-order valence-corrected chi connectivity index (χ1v) is 7.24. The van der Waals surface area contributed by atoms with Crippen molar-refractivity contribution in [1.29, 1.82) is 0 Å². The van der Waals surface area contributed by atoms with Gasteiger partial charge >= 0.3 is 0 Å². The minimum absolute atomic E-state index is 0.406. The molecule has 3 heteroatoms. The van der Waals surface area contributed by atoms with Crippen molar-refractivity contribution in [3.63, 3.8) is 0 Å². The second-order valence-corrected chi connectivity index (χ2v) is 6.30. The zero-order chi connectivity index (χ0) is 13.2. The smallest absolute Gasteiger partial charge is 0.0799 e. The Hall–Kier alpha value is -0.830. The molecule has 3 nitrogen and oxygen atoms in total. The molecule has 0 amide bonds. The third kappa shape index (κ3) is 2.61. The summed E-state index contributed by atoms with van der Waals surface area (Å²) in [4.78, 5) is 0. The maximum Gasteiger partial charge on any atom is 0.0799 e. The fourth-order valence-electron chi connectivity index (χ4n) is 3.86. The monoisotopic (exact) mass is 249 g/mol. The third-order valence-electron chi connectivity index (χ3n) is 4.35. The van der Waals surface area contributed by atoms with Gasteiger partial charge in [0, 0.05) is 13.2 Å². The molecule has 1 N–H and O–H groups in total. The van der Waals surface area contributed by atoms with Crippen molar-refractivity contribution in [2.75, 3.05) is 7.05 Å². The SMILES string of the molecule is CNC(c1ccn(C)n1)C1(CC(C)C)CCCC1. The molecule has 0 saturated heterocycles. The molecule has 0 spiro atoms. The fraction of sp³-hybridized carbons (Fsp3) is 0.800. The van der Waals surface area contributed by atoms with E-state index >= 15 is 0 Å². The molecule has 1 heterocycles. The van der Waals surface area contributed by atoms with E-state index in [1.807, 2.05) is 11.7 Å². The average Bonchev–Trinajstić information content (AvgIpc) is 2.89. The van der Waals surface area contributed by atoms with E-state index in [1.165, 1.54) is 37.8 Å². The van der Waals surface area contributed by atoms with Gasteiger partial charge in [-0.1, -0.05) is 26.7 Å². The van der Waals surface area contributed by atoms with Gasteiger partial charge in [-0.15, -0.1) is 0 Å². The van der Waals surface area contributed by atoms with Crippen molar-refractivity contribution in [3.8, 4) is 0 Å². The van der Waals surface area contributed by atoms with Gasteiger partial charge in [-0.25, -0.2) is 0 Å². The molecule has 0 aliphatic heterocycles. The lowest BCUT2D eigenvalue weighted by Crippen LogP contribution is -2.36. The lowest BCUT2D eigenvalue weighted by Gasteiger charge is -2.38. The largest absolute Gasteiger partial charge is 0.311 e. The number of aryl methyl sites for hydroxylation is 1. The van der Waals surface area contributed by atoms with E-state index in [0.29, 0.717) is 11.5 Å². The number of nitrogens with one attached hydrogen (secondary N) is 1. The minimum Gasteiger partial charge on any atom is -0.311 e. The second-order valence-electron chi connectivity index (χ2n) is 6.30. The Bertz CT molecular complexity index is 375. The summed E-state index contributed by atoms with van der Waals surface area (Å²) >= 11 is 0. The Morgan fingerprint density at radius 1 is 1.39 bits per heavy atom. The van der Waals surface area contributed by atoms with Crippen LogP contribution in [0.25, 0.3) is 0 Å². The normalized spacial score (nSPS) is 20.5. The predicted octanol–water partition coefficient (Wildman–Crippen LogP) is 3.29. The van der Waals surface area contributed by atoms with Gasteiger partial charge in [0.1, 0.15) is 0 Å². The summed E-state index contributed by atoms with van der Waals surface area (Å²) in [6.07, 6.45) is 8.78. The van der Waals surface area contributed by atoms with Crippen molar-refractivity contribution < 1.29 is 0 Å². The van der Waals surface area contributed by atoms with Crippen LogP contribution in [0.5, 0.6) is 0 Å². The topological polar surface area (TPSA) is 29.9 Å². The summed E-state index contributed by atoms with van der Waals surface area (Å²) in [5, 5.41) is 8.18. The highest BCUT2D eigenvalue weighted by Gasteiger charge is 2.42. The van der Waals surface area contributed by atoms with Crippen molar-refractivity contribution in [2.45, 2.75) is 52.0 Å². The molecule has 102 valence electrons. The Morgan fingerprint density at radius 3 is 2.50 bits per heavy atom. The average molecular weight is 249 g/mol. The van der Waals surface area contributed by atoms with Crippen molar-refractivity contribution in [1.82, 2.24) is 15.1 Å². The van der Waals surface area contributed by atoms with E-state index in [-0.39, 0.29) is 0 Å². The first-order valence-electron chi connectivity index (χ1n) is 7.24. The van der Waals surface area contributed by atoms with Crippen LogP contribution in [0.3, 0.4) is 0 Å². The Kier molecular flexibility index (Phi) is 4.10. The first kappa shape index (κ1) is 13.6. The van der Waals surface area contributed by atoms with E-state index in [0.717, 1.165) is 5.92 Å². The van der Waals surface area contributed by atoms with Crippen molar-refractivity contribution >= 4 is 0 Å². The molecule has 1 fully saturated rings. The van der Waals surface area contributed by atoms with E-state index in [4.69, 9.17) is 0 Å². The maximum atomic E-state index is 4.63. The van der Waals surface area contributed by atoms with Gasteiger partial charge < -0.3 is 5.32 Å². The molecule has 1 atom stereocenters. The molecule has 1 aromatic rings. The summed E-state index contributed by atoms with van der Waals surface area (Å²) in [7, 11) is 4.08. The standard InChI is InChI=1S/C15H27N3/c1-12(2)11-15(8-5-6-9-15)14(16-3)13-7-10-18(4)17-13/h7,10,12,14,16H,5-6,8-9,11H2,1-4H3. The van der Waals surface area contributed by atoms with Crippen LogP contribution in [0.1, 0.15) is 57.7 Å². The Morgan fingerprint density at radius 2 is 2.06 bits per heavy atom. The molecular formula is C15H27N3. The third-order valence-corrected chi connectivity index (χ3v) is 4.35. The van der Waals surface area contributed by atoms with E-state index < -0.39 is 0 Å². The molecule has 1 unspecified atom stereocenters. The summed E-state index contributed by atoms with van der Waals surface area (Å²) < 4.78 is 1.91. The molecule has 0 radical (unpaired) electrons. The van der Waals surface area contributed by atoms with Crippen LogP contribution in [0, 0.1) is 11.3 Å². The second kappa shape index (κ2) is 5.43. The lowest BCUT2D eigenvalue weighted by molar-refractivity contribution is 0.158. The summed E-state index contributed by atoms with van der Waals surface area (Å²) in [6.45, 7) is 4.68. The summed E-state index contributed by atoms with van der Waals surface area (Å²) in [5.74, 6) is 0.752. The van der Waals surface area contributed by atoms with E-state index in [1.54, 1.807) is 0 Å². The van der Waals surface area contributed by atoms with Gasteiger partial charge in [-0.05, 0) is 43.7 Å². The van der Waals surface area contributed by atoms with E-state index in [2.05, 4.69) is 43.6 Å². The predicted molar refractivity (Wildman–Crippen MR) is 75.4 cm³/mol. The van der Waals surface area contributed by atoms with Crippen LogP contribution in [0.15, 0.2) is 12.3 Å². The molecule has 0 bridgehead atoms. The highest BCUT2D eigenvalue weighted by molar-refractivity contribution is 5.12. The Labute approximate surface area is 111 Å². The number of hydrogen-bond acceptors (Lipinski definition) is 2. The highest BCUT2D eigenvalue weighted by Crippen LogP contribution is 2.51. The molecule has 1 aliphatic rings. The van der Waals surface area contributed by atoms with Gasteiger partial charge in [-0.3, -0.25) is 4.68 Å². The lowest BCUT2D eigenvalue weighted by atomic mass is 9.71. The fourth-order valence-corrected chi connectivity index (χ4v) is 3.86. The number of aromatic nitrogens is 2. The maximum absolute atomic E-state index is 4.63. The minimum atomic E-state index is 0.406. The van der Waals surface area contributed by atoms with Crippen LogP contribution in [0.2, 0.25) is 0 Å². The van der Waals surface area contributed by atoms with Gasteiger partial charge in [0.05, 0.1) is 11.7 Å². The Balaban J connectivity index is 2.27. The van der Waals surface area contributed by atoms with Crippen LogP contribution in [0.4, 0.5) is 0 Å². The van der Waals surface area contributed by atoms with Gasteiger partial charge in [0.15, 0.2) is 0 Å². The summed E-state index contributed by atoms with van der Waals surface area (Å²) in [5.41, 5.74) is 1.62. The molecule has 18 heavy (non-hydrogen) atoms. The van der Waals surface area contributed by atoms with Crippen molar-refractivity contribution in [2.24, 2.45) is 18.4 Å². The van der Waals surface area contributed by atoms with Crippen LogP contribution in [-0.2, 0) is 7.05 Å². The van der Waals surface area contributed by atoms with Gasteiger partial charge in [0.25, 0.3) is 0 Å². The molecule has 1 saturated carbocycles. The molecule has 2 rings (SSSR count). The number of rotatable bonds is 5. The molecule has 0 aromatic carbocycles. The molecule has 1 aliphatic carbocycles. The van der Waals surface area contributed by atoms with Crippen molar-refractivity contribution in [3.05, 3.63) is 18.0 Å². The quantitative estimate of drug-likeness (QED) is 0.868. The molecule has 1 aromatic heterocycles. The summed E-state index contributed by atoms with van der Waals surface area (Å²) in [6, 6.07) is 2.57.